The summed E-state index contributed by atoms with van der Waals surface area (Å²) in [5.74, 6) is 6.04. The Morgan fingerprint density at radius 3 is 3.00 bits per heavy atom. The molecule has 2 amide bonds. The van der Waals surface area contributed by atoms with E-state index in [2.05, 4.69) is 27.4 Å². The number of nitrogens with one attached hydrogen (secondary N) is 2. The van der Waals surface area contributed by atoms with Gasteiger partial charge >= 0.3 is 6.03 Å². The summed E-state index contributed by atoms with van der Waals surface area (Å²) >= 11 is 0. The van der Waals surface area contributed by atoms with Crippen LogP contribution in [-0.2, 0) is 0 Å². The Labute approximate surface area is 136 Å². The van der Waals surface area contributed by atoms with E-state index in [1.54, 1.807) is 6.20 Å². The predicted octanol–water partition coefficient (Wildman–Crippen LogP) is 2.70. The molecule has 0 saturated carbocycles. The molecule has 0 unspecified atom stereocenters. The minimum Gasteiger partial charge on any atom is -0.327 e. The maximum absolute atomic E-state index is 12.4. The molecule has 1 aliphatic rings. The molecule has 23 heavy (non-hydrogen) atoms. The lowest BCUT2D eigenvalue weighted by atomic mass is 9.98. The van der Waals surface area contributed by atoms with Crippen molar-refractivity contribution in [2.24, 2.45) is 0 Å². The van der Waals surface area contributed by atoms with E-state index >= 15 is 0 Å². The number of aromatic nitrogens is 2. The second kappa shape index (κ2) is 7.50. The molecule has 118 valence electrons. The maximum Gasteiger partial charge on any atom is 0.318 e. The van der Waals surface area contributed by atoms with E-state index in [0.29, 0.717) is 6.54 Å². The molecule has 1 fully saturated rings. The lowest BCUT2D eigenvalue weighted by Crippen LogP contribution is -2.44. The first-order valence-electron chi connectivity index (χ1n) is 7.91. The number of likely N-dealkylation sites (tertiary alicyclic amines) is 1. The Hall–Kier alpha value is -2.74. The van der Waals surface area contributed by atoms with Crippen molar-refractivity contribution in [1.29, 1.82) is 0 Å². The van der Waals surface area contributed by atoms with Gasteiger partial charge in [-0.3, -0.25) is 5.10 Å². The third-order valence-electron chi connectivity index (χ3n) is 4.00. The Morgan fingerprint density at radius 2 is 2.22 bits per heavy atom. The number of nitrogens with zero attached hydrogens (tertiary/aromatic N) is 2. The summed E-state index contributed by atoms with van der Waals surface area (Å²) in [5, 5.41) is 9.72. The fourth-order valence-electron chi connectivity index (χ4n) is 2.85. The molecule has 2 N–H and O–H groups in total. The number of hydrogen-bond acceptors (Lipinski definition) is 2. The van der Waals surface area contributed by atoms with Crippen molar-refractivity contribution >= 4 is 6.03 Å². The van der Waals surface area contributed by atoms with Crippen LogP contribution in [0.1, 0.15) is 36.4 Å². The molecule has 5 heteroatoms. The minimum absolute atomic E-state index is 0.0572. The highest BCUT2D eigenvalue weighted by Gasteiger charge is 2.28. The first-order valence-corrected chi connectivity index (χ1v) is 7.91. The normalized spacial score (nSPS) is 17.2. The van der Waals surface area contributed by atoms with Crippen LogP contribution in [0.25, 0.3) is 0 Å². The number of H-pyrrole nitrogens is 1. The number of carbonyl (C=O) groups excluding carboxylic acids is 1. The third-order valence-corrected chi connectivity index (χ3v) is 4.00. The largest absolute Gasteiger partial charge is 0.327 e. The Balaban J connectivity index is 1.57. The smallest absolute Gasteiger partial charge is 0.318 e. The summed E-state index contributed by atoms with van der Waals surface area (Å²) in [6.45, 7) is 1.12. The van der Waals surface area contributed by atoms with E-state index in [-0.39, 0.29) is 12.1 Å². The van der Waals surface area contributed by atoms with E-state index in [0.717, 1.165) is 36.9 Å². The van der Waals surface area contributed by atoms with Crippen molar-refractivity contribution in [3.05, 3.63) is 53.9 Å². The Morgan fingerprint density at radius 1 is 1.35 bits per heavy atom. The fourth-order valence-corrected chi connectivity index (χ4v) is 2.85. The van der Waals surface area contributed by atoms with Gasteiger partial charge in [0.2, 0.25) is 0 Å². The molecule has 0 radical (unpaired) electrons. The van der Waals surface area contributed by atoms with E-state index in [4.69, 9.17) is 0 Å². The molecule has 1 aliphatic heterocycles. The first-order chi connectivity index (χ1) is 11.3. The fraction of sp³-hybridized carbons (Fsp3) is 0.333. The standard InChI is InChI=1S/C18H20N4O/c23-18(19-11-6-9-15-7-2-1-3-8-15)22-12-5-4-10-17(22)16-13-20-21-14-16/h1-3,7-8,13-14,17H,4-5,10-12H2,(H,19,23)(H,20,21)/t17-/m1/s1. The summed E-state index contributed by atoms with van der Waals surface area (Å²) < 4.78 is 0. The molecule has 0 aliphatic carbocycles. The van der Waals surface area contributed by atoms with Crippen LogP contribution in [0, 0.1) is 11.8 Å². The van der Waals surface area contributed by atoms with Crippen molar-refractivity contribution in [3.8, 4) is 11.8 Å². The van der Waals surface area contributed by atoms with E-state index in [9.17, 15) is 4.79 Å². The van der Waals surface area contributed by atoms with E-state index in [1.807, 2.05) is 41.4 Å². The maximum atomic E-state index is 12.4. The zero-order valence-corrected chi connectivity index (χ0v) is 13.0. The molecule has 0 spiro atoms. The van der Waals surface area contributed by atoms with Gasteiger partial charge in [0.15, 0.2) is 0 Å². The summed E-state index contributed by atoms with van der Waals surface area (Å²) in [6.07, 6.45) is 6.81. The lowest BCUT2D eigenvalue weighted by molar-refractivity contribution is 0.152. The molecule has 1 aromatic carbocycles. The van der Waals surface area contributed by atoms with Crippen LogP contribution < -0.4 is 5.32 Å². The van der Waals surface area contributed by atoms with Gasteiger partial charge < -0.3 is 10.2 Å². The van der Waals surface area contributed by atoms with Crippen LogP contribution in [-0.4, -0.2) is 34.2 Å². The molecule has 3 rings (SSSR count). The van der Waals surface area contributed by atoms with Gasteiger partial charge in [-0.2, -0.15) is 5.10 Å². The summed E-state index contributed by atoms with van der Waals surface area (Å²) in [4.78, 5) is 14.3. The minimum atomic E-state index is -0.0572. The number of piperidine rings is 1. The van der Waals surface area contributed by atoms with Crippen LogP contribution in [0.3, 0.4) is 0 Å². The van der Waals surface area contributed by atoms with Crippen molar-refractivity contribution in [3.63, 3.8) is 0 Å². The highest BCUT2D eigenvalue weighted by molar-refractivity contribution is 5.75. The number of hydrogen-bond donors (Lipinski definition) is 2. The molecular weight excluding hydrogens is 288 g/mol. The van der Waals surface area contributed by atoms with Crippen LogP contribution in [0.5, 0.6) is 0 Å². The molecule has 1 atom stereocenters. The number of benzene rings is 1. The van der Waals surface area contributed by atoms with Crippen molar-refractivity contribution in [1.82, 2.24) is 20.4 Å². The molecule has 5 nitrogen and oxygen atoms in total. The highest BCUT2D eigenvalue weighted by atomic mass is 16.2. The average molecular weight is 308 g/mol. The van der Waals surface area contributed by atoms with Crippen LogP contribution >= 0.6 is 0 Å². The van der Waals surface area contributed by atoms with Gasteiger partial charge in [-0.1, -0.05) is 30.0 Å². The van der Waals surface area contributed by atoms with Gasteiger partial charge in [-0.05, 0) is 31.4 Å². The summed E-state index contributed by atoms with van der Waals surface area (Å²) in [7, 11) is 0. The molecule has 2 aromatic rings. The first kappa shape index (κ1) is 15.2. The molecule has 1 saturated heterocycles. The van der Waals surface area contributed by atoms with Crippen LogP contribution in [0.4, 0.5) is 4.79 Å². The number of carbonyl (C=O) groups is 1. The average Bonchev–Trinajstić information content (AvgIpc) is 3.14. The van der Waals surface area contributed by atoms with Crippen molar-refractivity contribution in [2.45, 2.75) is 25.3 Å². The number of urea groups is 1. The zero-order chi connectivity index (χ0) is 15.9. The van der Waals surface area contributed by atoms with Gasteiger partial charge in [0.05, 0.1) is 18.8 Å². The topological polar surface area (TPSA) is 61.0 Å². The second-order valence-corrected chi connectivity index (χ2v) is 5.56. The quantitative estimate of drug-likeness (QED) is 0.838. The molecule has 2 heterocycles. The number of aromatic amines is 1. The van der Waals surface area contributed by atoms with Crippen LogP contribution in [0.15, 0.2) is 42.7 Å². The van der Waals surface area contributed by atoms with E-state index < -0.39 is 0 Å². The van der Waals surface area contributed by atoms with Gasteiger partial charge in [0.1, 0.15) is 0 Å². The SMILES string of the molecule is O=C(NCC#Cc1ccccc1)N1CCCC[C@@H]1c1cn[nH]c1. The van der Waals surface area contributed by atoms with Gasteiger partial charge in [0.25, 0.3) is 0 Å². The zero-order valence-electron chi connectivity index (χ0n) is 13.0. The number of amides is 2. The van der Waals surface area contributed by atoms with Gasteiger partial charge in [0, 0.05) is 23.9 Å². The second-order valence-electron chi connectivity index (χ2n) is 5.56. The summed E-state index contributed by atoms with van der Waals surface area (Å²) in [5.41, 5.74) is 2.02. The Kier molecular flexibility index (Phi) is 4.95. The molecule has 1 aromatic heterocycles. The third kappa shape index (κ3) is 3.92. The van der Waals surface area contributed by atoms with E-state index in [1.165, 1.54) is 0 Å². The van der Waals surface area contributed by atoms with Crippen molar-refractivity contribution in [2.75, 3.05) is 13.1 Å². The van der Waals surface area contributed by atoms with Crippen LogP contribution in [0.2, 0.25) is 0 Å². The lowest BCUT2D eigenvalue weighted by Gasteiger charge is -2.35. The highest BCUT2D eigenvalue weighted by Crippen LogP contribution is 2.30. The van der Waals surface area contributed by atoms with Gasteiger partial charge in [-0.25, -0.2) is 4.79 Å². The monoisotopic (exact) mass is 308 g/mol. The van der Waals surface area contributed by atoms with Crippen molar-refractivity contribution < 1.29 is 4.79 Å². The van der Waals surface area contributed by atoms with Gasteiger partial charge in [-0.15, -0.1) is 0 Å². The number of rotatable bonds is 2. The Bertz CT molecular complexity index is 685. The molecule has 0 bridgehead atoms. The molecular formula is C18H20N4O. The summed E-state index contributed by atoms with van der Waals surface area (Å²) in [6, 6.07) is 9.81. The predicted molar refractivity (Wildman–Crippen MR) is 88.6 cm³/mol.